The summed E-state index contributed by atoms with van der Waals surface area (Å²) in [7, 11) is 0. The Kier molecular flexibility index (Phi) is 7.09. The first-order chi connectivity index (χ1) is 11.2. The second kappa shape index (κ2) is 9.32. The summed E-state index contributed by atoms with van der Waals surface area (Å²) in [6.07, 6.45) is 3.39. The highest BCUT2D eigenvalue weighted by Gasteiger charge is 2.13. The molecule has 0 radical (unpaired) electrons. The quantitative estimate of drug-likeness (QED) is 0.728. The van der Waals surface area contributed by atoms with Gasteiger partial charge in [-0.1, -0.05) is 18.2 Å². The van der Waals surface area contributed by atoms with E-state index in [0.717, 1.165) is 17.7 Å². The minimum absolute atomic E-state index is 0.0506. The molecule has 2 rings (SSSR count). The lowest BCUT2D eigenvalue weighted by Gasteiger charge is -2.15. The molecule has 0 fully saturated rings. The van der Waals surface area contributed by atoms with Crippen molar-refractivity contribution in [3.05, 3.63) is 36.2 Å². The van der Waals surface area contributed by atoms with Crippen molar-refractivity contribution in [3.8, 4) is 11.5 Å². The SMILES string of the molecule is CSCCC(CO)NC(=O)CCc1nnc(-c2ccccc2)o1. The van der Waals surface area contributed by atoms with Crippen LogP contribution in [0.1, 0.15) is 18.7 Å². The number of aliphatic hydroxyl groups is 1. The van der Waals surface area contributed by atoms with Crippen LogP contribution in [-0.4, -0.2) is 45.9 Å². The van der Waals surface area contributed by atoms with Gasteiger partial charge in [-0.3, -0.25) is 4.79 Å². The maximum absolute atomic E-state index is 11.9. The van der Waals surface area contributed by atoms with Gasteiger partial charge in [0.2, 0.25) is 17.7 Å². The summed E-state index contributed by atoms with van der Waals surface area (Å²) in [4.78, 5) is 11.9. The number of benzene rings is 1. The van der Waals surface area contributed by atoms with Crippen molar-refractivity contribution in [1.82, 2.24) is 15.5 Å². The zero-order valence-corrected chi connectivity index (χ0v) is 13.9. The molecule has 0 saturated heterocycles. The van der Waals surface area contributed by atoms with Gasteiger partial charge < -0.3 is 14.8 Å². The number of nitrogens with one attached hydrogen (secondary N) is 1. The third kappa shape index (κ3) is 5.69. The number of carbonyl (C=O) groups is 1. The van der Waals surface area contributed by atoms with Crippen LogP contribution in [0.15, 0.2) is 34.7 Å². The van der Waals surface area contributed by atoms with Crippen molar-refractivity contribution in [2.24, 2.45) is 0 Å². The monoisotopic (exact) mass is 335 g/mol. The summed E-state index contributed by atoms with van der Waals surface area (Å²) in [5.74, 6) is 1.66. The predicted octanol–water partition coefficient (Wildman–Crippen LogP) is 1.90. The Morgan fingerprint density at radius 2 is 2.13 bits per heavy atom. The number of thioether (sulfide) groups is 1. The minimum atomic E-state index is -0.197. The predicted molar refractivity (Wildman–Crippen MR) is 90.1 cm³/mol. The molecule has 124 valence electrons. The molecule has 0 aliphatic carbocycles. The van der Waals surface area contributed by atoms with Crippen LogP contribution in [0.4, 0.5) is 0 Å². The van der Waals surface area contributed by atoms with Crippen molar-refractivity contribution in [3.63, 3.8) is 0 Å². The zero-order chi connectivity index (χ0) is 16.5. The molecule has 0 aliphatic rings. The molecule has 2 aromatic rings. The van der Waals surface area contributed by atoms with E-state index in [1.165, 1.54) is 0 Å². The first-order valence-corrected chi connectivity index (χ1v) is 8.89. The molecule has 23 heavy (non-hydrogen) atoms. The average Bonchev–Trinajstić information content (AvgIpc) is 3.06. The van der Waals surface area contributed by atoms with Crippen LogP contribution < -0.4 is 5.32 Å². The van der Waals surface area contributed by atoms with Gasteiger partial charge in [-0.15, -0.1) is 10.2 Å². The largest absolute Gasteiger partial charge is 0.421 e. The Labute approximate surface area is 139 Å². The molecule has 1 aromatic heterocycles. The molecule has 1 amide bonds. The van der Waals surface area contributed by atoms with Crippen molar-refractivity contribution < 1.29 is 14.3 Å². The number of aromatic nitrogens is 2. The molecule has 7 heteroatoms. The van der Waals surface area contributed by atoms with Crippen molar-refractivity contribution in [2.75, 3.05) is 18.6 Å². The molecule has 1 unspecified atom stereocenters. The smallest absolute Gasteiger partial charge is 0.247 e. The molecule has 0 bridgehead atoms. The van der Waals surface area contributed by atoms with E-state index in [9.17, 15) is 9.90 Å². The first kappa shape index (κ1) is 17.5. The maximum Gasteiger partial charge on any atom is 0.247 e. The molecular formula is C16H21N3O3S. The third-order valence-corrected chi connectivity index (χ3v) is 3.95. The number of amides is 1. The first-order valence-electron chi connectivity index (χ1n) is 7.50. The van der Waals surface area contributed by atoms with Crippen LogP contribution >= 0.6 is 11.8 Å². The van der Waals surface area contributed by atoms with Crippen molar-refractivity contribution in [1.29, 1.82) is 0 Å². The van der Waals surface area contributed by atoms with Crippen LogP contribution in [0.25, 0.3) is 11.5 Å². The molecule has 0 spiro atoms. The number of nitrogens with zero attached hydrogens (tertiary/aromatic N) is 2. The van der Waals surface area contributed by atoms with E-state index in [1.807, 2.05) is 36.6 Å². The molecule has 0 aliphatic heterocycles. The van der Waals surface area contributed by atoms with Gasteiger partial charge in [0.15, 0.2) is 0 Å². The number of hydrogen-bond acceptors (Lipinski definition) is 6. The Morgan fingerprint density at radius 1 is 1.35 bits per heavy atom. The highest BCUT2D eigenvalue weighted by Crippen LogP contribution is 2.17. The molecule has 0 saturated carbocycles. The lowest BCUT2D eigenvalue weighted by atomic mass is 10.2. The number of aliphatic hydroxyl groups excluding tert-OH is 1. The summed E-state index contributed by atoms with van der Waals surface area (Å²) in [6.45, 7) is -0.0506. The van der Waals surface area contributed by atoms with Crippen molar-refractivity contribution in [2.45, 2.75) is 25.3 Å². The molecule has 1 heterocycles. The Balaban J connectivity index is 1.82. The van der Waals surface area contributed by atoms with E-state index in [-0.39, 0.29) is 25.0 Å². The maximum atomic E-state index is 11.9. The lowest BCUT2D eigenvalue weighted by molar-refractivity contribution is -0.122. The fourth-order valence-electron chi connectivity index (χ4n) is 2.04. The van der Waals surface area contributed by atoms with Gasteiger partial charge in [0.05, 0.1) is 12.6 Å². The van der Waals surface area contributed by atoms with Gasteiger partial charge in [-0.25, -0.2) is 0 Å². The van der Waals surface area contributed by atoms with Crippen LogP contribution in [-0.2, 0) is 11.2 Å². The Bertz CT molecular complexity index is 604. The number of rotatable bonds is 9. The average molecular weight is 335 g/mol. The standard InChI is InChI=1S/C16H21N3O3S/c1-23-10-9-13(11-20)17-14(21)7-8-15-18-19-16(22-15)12-5-3-2-4-6-12/h2-6,13,20H,7-11H2,1H3,(H,17,21). The van der Waals surface area contributed by atoms with Gasteiger partial charge in [0.25, 0.3) is 0 Å². The second-order valence-electron chi connectivity index (χ2n) is 5.10. The number of hydrogen-bond donors (Lipinski definition) is 2. The van der Waals surface area contributed by atoms with E-state index in [0.29, 0.717) is 18.2 Å². The van der Waals surface area contributed by atoms with Crippen LogP contribution in [0.5, 0.6) is 0 Å². The van der Waals surface area contributed by atoms with Crippen molar-refractivity contribution >= 4 is 17.7 Å². The minimum Gasteiger partial charge on any atom is -0.421 e. The molecule has 1 atom stereocenters. The normalized spacial score (nSPS) is 12.1. The molecule has 1 aromatic carbocycles. The van der Waals surface area contributed by atoms with Gasteiger partial charge in [-0.05, 0) is 30.6 Å². The Morgan fingerprint density at radius 3 is 2.83 bits per heavy atom. The van der Waals surface area contributed by atoms with E-state index >= 15 is 0 Å². The van der Waals surface area contributed by atoms with Gasteiger partial charge in [-0.2, -0.15) is 11.8 Å². The van der Waals surface area contributed by atoms with E-state index in [2.05, 4.69) is 15.5 Å². The topological polar surface area (TPSA) is 88.2 Å². The van der Waals surface area contributed by atoms with Gasteiger partial charge in [0, 0.05) is 18.4 Å². The van der Waals surface area contributed by atoms with Crippen LogP contribution in [0.2, 0.25) is 0 Å². The molecule has 2 N–H and O–H groups in total. The summed E-state index contributed by atoms with van der Waals surface area (Å²) in [6, 6.07) is 9.30. The highest BCUT2D eigenvalue weighted by atomic mass is 32.2. The lowest BCUT2D eigenvalue weighted by Crippen LogP contribution is -2.38. The summed E-state index contributed by atoms with van der Waals surface area (Å²) in [5.41, 5.74) is 0.855. The van der Waals surface area contributed by atoms with E-state index in [1.54, 1.807) is 11.8 Å². The molecule has 6 nitrogen and oxygen atoms in total. The van der Waals surface area contributed by atoms with Gasteiger partial charge >= 0.3 is 0 Å². The summed E-state index contributed by atoms with van der Waals surface area (Å²) in [5, 5.41) is 20.0. The second-order valence-corrected chi connectivity index (χ2v) is 6.08. The Hall–Kier alpha value is -1.86. The van der Waals surface area contributed by atoms with Gasteiger partial charge in [0.1, 0.15) is 0 Å². The third-order valence-electron chi connectivity index (χ3n) is 3.31. The highest BCUT2D eigenvalue weighted by molar-refractivity contribution is 7.98. The van der Waals surface area contributed by atoms with Crippen LogP contribution in [0, 0.1) is 0 Å². The summed E-state index contributed by atoms with van der Waals surface area (Å²) < 4.78 is 5.56. The summed E-state index contributed by atoms with van der Waals surface area (Å²) >= 11 is 1.69. The fraction of sp³-hybridized carbons (Fsp3) is 0.438. The van der Waals surface area contributed by atoms with E-state index in [4.69, 9.17) is 4.42 Å². The zero-order valence-electron chi connectivity index (χ0n) is 13.1. The van der Waals surface area contributed by atoms with E-state index < -0.39 is 0 Å². The van der Waals surface area contributed by atoms with Crippen LogP contribution in [0.3, 0.4) is 0 Å². The fourth-order valence-corrected chi connectivity index (χ4v) is 2.56. The number of aryl methyl sites for hydroxylation is 1. The molecular weight excluding hydrogens is 314 g/mol. The number of carbonyl (C=O) groups excluding carboxylic acids is 1.